The van der Waals surface area contributed by atoms with Gasteiger partial charge in [-0.2, -0.15) is 5.26 Å². The third kappa shape index (κ3) is 3.28. The average Bonchev–Trinajstić information content (AvgIpc) is 2.39. The van der Waals surface area contributed by atoms with Crippen LogP contribution in [0.4, 0.5) is 4.39 Å². The molecule has 0 heterocycles. The SMILES string of the molecule is N#Cc1cc(COC2CCC(O)CC2)ccc1F. The van der Waals surface area contributed by atoms with E-state index in [1.54, 1.807) is 6.07 Å². The van der Waals surface area contributed by atoms with Gasteiger partial charge in [0.15, 0.2) is 0 Å². The molecule has 1 aromatic rings. The Morgan fingerprint density at radius 1 is 1.33 bits per heavy atom. The average molecular weight is 249 g/mol. The molecule has 1 aliphatic carbocycles. The molecule has 0 aliphatic heterocycles. The molecule has 0 unspecified atom stereocenters. The summed E-state index contributed by atoms with van der Waals surface area (Å²) in [5.74, 6) is -0.498. The number of hydrogen-bond donors (Lipinski definition) is 1. The smallest absolute Gasteiger partial charge is 0.140 e. The van der Waals surface area contributed by atoms with Crippen LogP contribution in [0.25, 0.3) is 0 Å². The van der Waals surface area contributed by atoms with Crippen molar-refractivity contribution in [2.75, 3.05) is 0 Å². The van der Waals surface area contributed by atoms with Gasteiger partial charge in [0.1, 0.15) is 11.9 Å². The second-order valence-corrected chi connectivity index (χ2v) is 4.67. The number of nitriles is 1. The fourth-order valence-corrected chi connectivity index (χ4v) is 2.17. The number of halogens is 1. The van der Waals surface area contributed by atoms with Crippen molar-refractivity contribution in [2.45, 2.75) is 44.5 Å². The molecular formula is C14H16FNO2. The number of aliphatic hydroxyl groups excluding tert-OH is 1. The number of rotatable bonds is 3. The first-order valence-corrected chi connectivity index (χ1v) is 6.17. The lowest BCUT2D eigenvalue weighted by molar-refractivity contribution is -0.0118. The lowest BCUT2D eigenvalue weighted by Crippen LogP contribution is -2.24. The van der Waals surface area contributed by atoms with Crippen LogP contribution in [0.5, 0.6) is 0 Å². The summed E-state index contributed by atoms with van der Waals surface area (Å²) in [6.45, 7) is 0.385. The summed E-state index contributed by atoms with van der Waals surface area (Å²) in [5.41, 5.74) is 0.856. The minimum Gasteiger partial charge on any atom is -0.393 e. The summed E-state index contributed by atoms with van der Waals surface area (Å²) >= 11 is 0. The van der Waals surface area contributed by atoms with Gasteiger partial charge in [-0.05, 0) is 43.4 Å². The molecule has 0 spiro atoms. The second-order valence-electron chi connectivity index (χ2n) is 4.67. The van der Waals surface area contributed by atoms with Crippen LogP contribution in [-0.2, 0) is 11.3 Å². The van der Waals surface area contributed by atoms with Gasteiger partial charge in [-0.3, -0.25) is 0 Å². The molecule has 1 aromatic carbocycles. The Labute approximate surface area is 106 Å². The summed E-state index contributed by atoms with van der Waals surface area (Å²) < 4.78 is 18.8. The quantitative estimate of drug-likeness (QED) is 0.895. The third-order valence-electron chi connectivity index (χ3n) is 3.28. The molecule has 1 aliphatic rings. The van der Waals surface area contributed by atoms with E-state index in [0.29, 0.717) is 6.61 Å². The number of hydrogen-bond acceptors (Lipinski definition) is 3. The summed E-state index contributed by atoms with van der Waals surface area (Å²) in [6.07, 6.45) is 3.22. The Morgan fingerprint density at radius 3 is 2.72 bits per heavy atom. The highest BCUT2D eigenvalue weighted by Crippen LogP contribution is 2.22. The van der Waals surface area contributed by atoms with Gasteiger partial charge in [-0.15, -0.1) is 0 Å². The Bertz CT molecular complexity index is 448. The van der Waals surface area contributed by atoms with Crippen LogP contribution < -0.4 is 0 Å². The molecule has 4 heteroatoms. The van der Waals surface area contributed by atoms with Crippen LogP contribution in [0.3, 0.4) is 0 Å². The van der Waals surface area contributed by atoms with Gasteiger partial charge in [0.2, 0.25) is 0 Å². The van der Waals surface area contributed by atoms with Gasteiger partial charge >= 0.3 is 0 Å². The van der Waals surface area contributed by atoms with Crippen molar-refractivity contribution in [3.63, 3.8) is 0 Å². The largest absolute Gasteiger partial charge is 0.393 e. The van der Waals surface area contributed by atoms with Crippen molar-refractivity contribution in [3.05, 3.63) is 35.1 Å². The van der Waals surface area contributed by atoms with E-state index in [4.69, 9.17) is 10.00 Å². The van der Waals surface area contributed by atoms with E-state index in [2.05, 4.69) is 0 Å². The number of benzene rings is 1. The van der Waals surface area contributed by atoms with Crippen LogP contribution in [0.1, 0.15) is 36.8 Å². The molecule has 18 heavy (non-hydrogen) atoms. The maximum atomic E-state index is 13.1. The number of ether oxygens (including phenoxy) is 1. The van der Waals surface area contributed by atoms with Crippen LogP contribution in [0.2, 0.25) is 0 Å². The van der Waals surface area contributed by atoms with E-state index < -0.39 is 5.82 Å². The van der Waals surface area contributed by atoms with E-state index in [9.17, 15) is 9.50 Å². The van der Waals surface area contributed by atoms with Crippen molar-refractivity contribution in [2.24, 2.45) is 0 Å². The van der Waals surface area contributed by atoms with Crippen molar-refractivity contribution in [1.82, 2.24) is 0 Å². The fraction of sp³-hybridized carbons (Fsp3) is 0.500. The Hall–Kier alpha value is -1.44. The summed E-state index contributed by atoms with van der Waals surface area (Å²) in [5, 5.41) is 18.1. The molecule has 1 saturated carbocycles. The zero-order valence-corrected chi connectivity index (χ0v) is 10.1. The highest BCUT2D eigenvalue weighted by atomic mass is 19.1. The maximum absolute atomic E-state index is 13.1. The van der Waals surface area contributed by atoms with Crippen LogP contribution >= 0.6 is 0 Å². The molecule has 0 atom stereocenters. The standard InChI is InChI=1S/C14H16FNO2/c15-14-6-1-10(7-11(14)8-16)9-18-13-4-2-12(17)3-5-13/h1,6-7,12-13,17H,2-5,9H2. The van der Waals surface area contributed by atoms with Gasteiger partial charge in [0.05, 0.1) is 24.4 Å². The highest BCUT2D eigenvalue weighted by Gasteiger charge is 2.19. The van der Waals surface area contributed by atoms with Gasteiger partial charge in [0, 0.05) is 0 Å². The van der Waals surface area contributed by atoms with E-state index in [1.165, 1.54) is 12.1 Å². The topological polar surface area (TPSA) is 53.2 Å². The van der Waals surface area contributed by atoms with Crippen molar-refractivity contribution >= 4 is 0 Å². The summed E-state index contributed by atoms with van der Waals surface area (Å²) in [4.78, 5) is 0. The third-order valence-corrected chi connectivity index (χ3v) is 3.28. The van der Waals surface area contributed by atoms with E-state index in [-0.39, 0.29) is 17.8 Å². The van der Waals surface area contributed by atoms with Gasteiger partial charge in [-0.25, -0.2) is 4.39 Å². The Morgan fingerprint density at radius 2 is 2.06 bits per heavy atom. The molecule has 0 radical (unpaired) electrons. The highest BCUT2D eigenvalue weighted by molar-refractivity contribution is 5.34. The molecule has 3 nitrogen and oxygen atoms in total. The fourth-order valence-electron chi connectivity index (χ4n) is 2.17. The van der Waals surface area contributed by atoms with E-state index in [0.717, 1.165) is 31.2 Å². The van der Waals surface area contributed by atoms with Crippen LogP contribution in [-0.4, -0.2) is 17.3 Å². The normalized spacial score (nSPS) is 23.6. The lowest BCUT2D eigenvalue weighted by atomic mass is 9.95. The maximum Gasteiger partial charge on any atom is 0.140 e. The zero-order chi connectivity index (χ0) is 13.0. The molecule has 0 amide bonds. The predicted octanol–water partition coefficient (Wildman–Crippen LogP) is 2.52. The minimum absolute atomic E-state index is 0.0511. The first kappa shape index (κ1) is 13.0. The van der Waals surface area contributed by atoms with Gasteiger partial charge in [0.25, 0.3) is 0 Å². The molecule has 0 aromatic heterocycles. The first-order chi connectivity index (χ1) is 8.69. The minimum atomic E-state index is -0.498. The summed E-state index contributed by atoms with van der Waals surface area (Å²) in [6, 6.07) is 6.26. The lowest BCUT2D eigenvalue weighted by Gasteiger charge is -2.25. The number of aliphatic hydroxyl groups is 1. The molecule has 1 fully saturated rings. The molecule has 96 valence electrons. The zero-order valence-electron chi connectivity index (χ0n) is 10.1. The van der Waals surface area contributed by atoms with Crippen LogP contribution in [0, 0.1) is 17.1 Å². The van der Waals surface area contributed by atoms with E-state index >= 15 is 0 Å². The summed E-state index contributed by atoms with van der Waals surface area (Å²) in [7, 11) is 0. The van der Waals surface area contributed by atoms with Crippen LogP contribution in [0.15, 0.2) is 18.2 Å². The molecule has 1 N–H and O–H groups in total. The van der Waals surface area contributed by atoms with Crippen molar-refractivity contribution < 1.29 is 14.2 Å². The van der Waals surface area contributed by atoms with Gasteiger partial charge in [-0.1, -0.05) is 6.07 Å². The predicted molar refractivity (Wildman–Crippen MR) is 64.2 cm³/mol. The second kappa shape index (κ2) is 5.94. The van der Waals surface area contributed by atoms with Gasteiger partial charge < -0.3 is 9.84 Å². The molecule has 0 bridgehead atoms. The molecule has 0 saturated heterocycles. The molecule has 2 rings (SSSR count). The van der Waals surface area contributed by atoms with E-state index in [1.807, 2.05) is 6.07 Å². The first-order valence-electron chi connectivity index (χ1n) is 6.17. The molecular weight excluding hydrogens is 233 g/mol. The Balaban J connectivity index is 1.89. The van der Waals surface area contributed by atoms with Crippen molar-refractivity contribution in [1.29, 1.82) is 5.26 Å². The number of nitrogens with zero attached hydrogens (tertiary/aromatic N) is 1. The van der Waals surface area contributed by atoms with Crippen molar-refractivity contribution in [3.8, 4) is 6.07 Å². The monoisotopic (exact) mass is 249 g/mol. The Kier molecular flexibility index (Phi) is 4.29.